The lowest BCUT2D eigenvalue weighted by molar-refractivity contribution is -0.139. The van der Waals surface area contributed by atoms with Gasteiger partial charge in [-0.2, -0.15) is 0 Å². The molecule has 0 radical (unpaired) electrons. The Morgan fingerprint density at radius 2 is 1.82 bits per heavy atom. The number of rotatable bonds is 10. The topological polar surface area (TPSA) is 49.4 Å². The Morgan fingerprint density at radius 3 is 2.48 bits per heavy atom. The minimum atomic E-state index is -0.564. The zero-order valence-electron chi connectivity index (χ0n) is 19.1. The summed E-state index contributed by atoms with van der Waals surface area (Å²) >= 11 is 7.71. The van der Waals surface area contributed by atoms with Crippen LogP contribution in [-0.4, -0.2) is 34.6 Å². The number of hydrogen-bond donors (Lipinski definition) is 1. The average molecular weight is 491 g/mol. The molecule has 0 spiro atoms. The first-order valence-corrected chi connectivity index (χ1v) is 13.2. The largest absolute Gasteiger partial charge is 0.352 e. The van der Waals surface area contributed by atoms with Gasteiger partial charge < -0.3 is 10.2 Å². The molecule has 0 heterocycles. The number of hydrogen-bond acceptors (Lipinski definition) is 3. The summed E-state index contributed by atoms with van der Waals surface area (Å²) in [7, 11) is 0. The van der Waals surface area contributed by atoms with Crippen molar-refractivity contribution < 1.29 is 14.0 Å². The fourth-order valence-electron chi connectivity index (χ4n) is 4.20. The fourth-order valence-corrected chi connectivity index (χ4v) is 5.39. The summed E-state index contributed by atoms with van der Waals surface area (Å²) in [5.74, 6) is 0.313. The first-order valence-electron chi connectivity index (χ1n) is 11.6. The maximum Gasteiger partial charge on any atom is 0.243 e. The van der Waals surface area contributed by atoms with E-state index in [0.717, 1.165) is 36.8 Å². The molecule has 0 aliphatic heterocycles. The molecule has 1 aliphatic rings. The molecule has 1 aliphatic carbocycles. The van der Waals surface area contributed by atoms with Crippen molar-refractivity contribution >= 4 is 35.2 Å². The molecule has 178 valence electrons. The number of halogens is 2. The minimum Gasteiger partial charge on any atom is -0.352 e. The van der Waals surface area contributed by atoms with E-state index in [1.165, 1.54) is 30.3 Å². The predicted octanol–water partition coefficient (Wildman–Crippen LogP) is 5.97. The summed E-state index contributed by atoms with van der Waals surface area (Å²) in [6, 6.07) is 13.3. The second kappa shape index (κ2) is 13.0. The first-order chi connectivity index (χ1) is 16.0. The van der Waals surface area contributed by atoms with E-state index < -0.39 is 6.04 Å². The summed E-state index contributed by atoms with van der Waals surface area (Å²) in [5, 5.41) is 3.85. The molecule has 3 rings (SSSR count). The normalized spacial score (nSPS) is 15.1. The van der Waals surface area contributed by atoms with Crippen molar-refractivity contribution in [1.82, 2.24) is 10.2 Å². The van der Waals surface area contributed by atoms with E-state index in [0.29, 0.717) is 17.2 Å². The van der Waals surface area contributed by atoms with Gasteiger partial charge >= 0.3 is 0 Å². The number of carbonyl (C=O) groups is 2. The minimum absolute atomic E-state index is 0.101. The van der Waals surface area contributed by atoms with Gasteiger partial charge in [0.2, 0.25) is 11.8 Å². The lowest BCUT2D eigenvalue weighted by atomic mass is 9.95. The number of nitrogens with zero attached hydrogens (tertiary/aromatic N) is 1. The summed E-state index contributed by atoms with van der Waals surface area (Å²) in [6.45, 7) is 2.19. The van der Waals surface area contributed by atoms with E-state index in [1.807, 2.05) is 31.2 Å². The number of thioether (sulfide) groups is 1. The summed E-state index contributed by atoms with van der Waals surface area (Å²) < 4.78 is 13.4. The summed E-state index contributed by atoms with van der Waals surface area (Å²) in [6.07, 6.45) is 5.95. The van der Waals surface area contributed by atoms with Gasteiger partial charge in [-0.3, -0.25) is 9.59 Å². The van der Waals surface area contributed by atoms with Crippen molar-refractivity contribution in [3.05, 3.63) is 70.5 Å². The third-order valence-electron chi connectivity index (χ3n) is 6.04. The Hall–Kier alpha value is -2.05. The van der Waals surface area contributed by atoms with Gasteiger partial charge in [0.05, 0.1) is 5.75 Å². The van der Waals surface area contributed by atoms with E-state index in [4.69, 9.17) is 11.6 Å². The van der Waals surface area contributed by atoms with Crippen molar-refractivity contribution in [2.75, 3.05) is 5.75 Å². The molecule has 2 amide bonds. The molecule has 1 N–H and O–H groups in total. The van der Waals surface area contributed by atoms with Gasteiger partial charge in [-0.15, -0.1) is 11.8 Å². The summed E-state index contributed by atoms with van der Waals surface area (Å²) in [4.78, 5) is 28.1. The van der Waals surface area contributed by atoms with Crippen LogP contribution in [0.3, 0.4) is 0 Å². The molecule has 0 aromatic heterocycles. The van der Waals surface area contributed by atoms with Gasteiger partial charge in [0.25, 0.3) is 0 Å². The Morgan fingerprint density at radius 1 is 1.12 bits per heavy atom. The van der Waals surface area contributed by atoms with Crippen LogP contribution < -0.4 is 5.32 Å². The van der Waals surface area contributed by atoms with Crippen LogP contribution in [0.15, 0.2) is 48.5 Å². The highest BCUT2D eigenvalue weighted by Gasteiger charge is 2.30. The Kier molecular flexibility index (Phi) is 10.1. The second-order valence-electron chi connectivity index (χ2n) is 8.50. The molecule has 2 aromatic carbocycles. The number of nitrogens with one attached hydrogen (secondary N) is 1. The SMILES string of the molecule is CC[C@H](C(=O)NC1CCCCC1)N(Cc1ccc(F)cc1)C(=O)CSCc1ccccc1Cl. The first kappa shape index (κ1) is 25.6. The highest BCUT2D eigenvalue weighted by atomic mass is 35.5. The second-order valence-corrected chi connectivity index (χ2v) is 9.89. The zero-order valence-corrected chi connectivity index (χ0v) is 20.6. The Bertz CT molecular complexity index is 919. The number of carbonyl (C=O) groups excluding carboxylic acids is 2. The highest BCUT2D eigenvalue weighted by Crippen LogP contribution is 2.23. The average Bonchev–Trinajstić information content (AvgIpc) is 2.82. The van der Waals surface area contributed by atoms with Gasteiger partial charge in [0, 0.05) is 23.4 Å². The molecule has 1 saturated carbocycles. The van der Waals surface area contributed by atoms with E-state index >= 15 is 0 Å². The van der Waals surface area contributed by atoms with Crippen molar-refractivity contribution in [2.45, 2.75) is 69.8 Å². The zero-order chi connectivity index (χ0) is 23.6. The number of benzene rings is 2. The molecule has 1 atom stereocenters. The van der Waals surface area contributed by atoms with Crippen LogP contribution in [0.5, 0.6) is 0 Å². The molecule has 0 bridgehead atoms. The van der Waals surface area contributed by atoms with Crippen LogP contribution in [0.2, 0.25) is 5.02 Å². The molecular weight excluding hydrogens is 459 g/mol. The maximum atomic E-state index is 13.4. The molecular formula is C26H32ClFN2O2S. The summed E-state index contributed by atoms with van der Waals surface area (Å²) in [5.41, 5.74) is 1.77. The highest BCUT2D eigenvalue weighted by molar-refractivity contribution is 7.99. The van der Waals surface area contributed by atoms with Gasteiger partial charge in [-0.05, 0) is 48.6 Å². The van der Waals surface area contributed by atoms with Gasteiger partial charge in [-0.1, -0.05) is 68.1 Å². The third kappa shape index (κ3) is 7.75. The molecule has 7 heteroatoms. The van der Waals surface area contributed by atoms with Crippen molar-refractivity contribution in [1.29, 1.82) is 0 Å². The standard InChI is InChI=1S/C26H32ClFN2O2S/c1-2-24(26(32)29-22-9-4-3-5-10-22)30(16-19-12-14-21(28)15-13-19)25(31)18-33-17-20-8-6-7-11-23(20)27/h6-8,11-15,22,24H,2-5,9-10,16-18H2,1H3,(H,29,32)/t24-/m1/s1. The van der Waals surface area contributed by atoms with Crippen LogP contribution in [0.4, 0.5) is 4.39 Å². The lowest BCUT2D eigenvalue weighted by Gasteiger charge is -2.32. The van der Waals surface area contributed by atoms with Gasteiger partial charge in [0.1, 0.15) is 11.9 Å². The van der Waals surface area contributed by atoms with Crippen LogP contribution >= 0.6 is 23.4 Å². The fraction of sp³-hybridized carbons (Fsp3) is 0.462. The number of amides is 2. The third-order valence-corrected chi connectivity index (χ3v) is 7.38. The van der Waals surface area contributed by atoms with Crippen molar-refractivity contribution in [3.8, 4) is 0 Å². The molecule has 0 saturated heterocycles. The van der Waals surface area contributed by atoms with E-state index in [2.05, 4.69) is 5.32 Å². The van der Waals surface area contributed by atoms with E-state index in [-0.39, 0.29) is 36.0 Å². The van der Waals surface area contributed by atoms with Crippen LogP contribution in [0.25, 0.3) is 0 Å². The van der Waals surface area contributed by atoms with Crippen molar-refractivity contribution in [3.63, 3.8) is 0 Å². The Balaban J connectivity index is 1.70. The molecule has 2 aromatic rings. The molecule has 4 nitrogen and oxygen atoms in total. The van der Waals surface area contributed by atoms with Crippen LogP contribution in [0, 0.1) is 5.82 Å². The van der Waals surface area contributed by atoms with Crippen LogP contribution in [0.1, 0.15) is 56.6 Å². The quantitative estimate of drug-likeness (QED) is 0.446. The smallest absolute Gasteiger partial charge is 0.243 e. The lowest BCUT2D eigenvalue weighted by Crippen LogP contribution is -2.52. The maximum absolute atomic E-state index is 13.4. The van der Waals surface area contributed by atoms with Gasteiger partial charge in [0.15, 0.2) is 0 Å². The van der Waals surface area contributed by atoms with Gasteiger partial charge in [-0.25, -0.2) is 4.39 Å². The molecule has 33 heavy (non-hydrogen) atoms. The van der Waals surface area contributed by atoms with Crippen molar-refractivity contribution in [2.24, 2.45) is 0 Å². The van der Waals surface area contributed by atoms with E-state index in [1.54, 1.807) is 17.0 Å². The molecule has 0 unspecified atom stereocenters. The monoisotopic (exact) mass is 490 g/mol. The molecule has 1 fully saturated rings. The van der Waals surface area contributed by atoms with Crippen LogP contribution in [-0.2, 0) is 21.9 Å². The Labute approximate surface area is 205 Å². The predicted molar refractivity (Wildman–Crippen MR) is 134 cm³/mol. The van der Waals surface area contributed by atoms with E-state index in [9.17, 15) is 14.0 Å².